The van der Waals surface area contributed by atoms with Crippen LogP contribution in [0.3, 0.4) is 0 Å². The molecule has 0 aliphatic heterocycles. The number of unbranched alkanes of at least 4 members (excludes halogenated alkanes) is 3. The minimum absolute atomic E-state index is 0.0176. The van der Waals surface area contributed by atoms with Gasteiger partial charge in [0, 0.05) is 24.4 Å². The molecule has 0 aliphatic carbocycles. The zero-order chi connectivity index (χ0) is 19.2. The summed E-state index contributed by atoms with van der Waals surface area (Å²) < 4.78 is 1.65. The fourth-order valence-electron chi connectivity index (χ4n) is 2.96. The molecule has 3 rings (SSSR count). The second-order valence-corrected chi connectivity index (χ2v) is 6.40. The highest BCUT2D eigenvalue weighted by molar-refractivity contribution is 5.79. The Balaban J connectivity index is 1.96. The van der Waals surface area contributed by atoms with Gasteiger partial charge in [0.15, 0.2) is 0 Å². The van der Waals surface area contributed by atoms with E-state index in [2.05, 4.69) is 17.2 Å². The first kappa shape index (κ1) is 18.6. The van der Waals surface area contributed by atoms with Crippen molar-refractivity contribution < 1.29 is 4.92 Å². The average molecular weight is 366 g/mol. The zero-order valence-corrected chi connectivity index (χ0v) is 15.2. The Morgan fingerprint density at radius 1 is 1.07 bits per heavy atom. The van der Waals surface area contributed by atoms with Crippen molar-refractivity contribution in [3.05, 3.63) is 69.0 Å². The first-order valence-corrected chi connectivity index (χ1v) is 9.11. The Morgan fingerprint density at radius 2 is 1.81 bits per heavy atom. The summed E-state index contributed by atoms with van der Waals surface area (Å²) in [6.07, 6.45) is 4.19. The van der Waals surface area contributed by atoms with Gasteiger partial charge in [-0.15, -0.1) is 0 Å². The molecule has 1 heterocycles. The lowest BCUT2D eigenvalue weighted by molar-refractivity contribution is -0.384. The number of hydrogen-bond donors (Lipinski definition) is 1. The van der Waals surface area contributed by atoms with Crippen molar-refractivity contribution in [2.75, 3.05) is 5.32 Å². The van der Waals surface area contributed by atoms with E-state index in [0.29, 0.717) is 29.1 Å². The number of nitrogens with zero attached hydrogens (tertiary/aromatic N) is 3. The lowest BCUT2D eigenvalue weighted by Gasteiger charge is -2.15. The first-order valence-electron chi connectivity index (χ1n) is 9.11. The zero-order valence-electron chi connectivity index (χ0n) is 15.2. The molecule has 27 heavy (non-hydrogen) atoms. The minimum atomic E-state index is -0.443. The van der Waals surface area contributed by atoms with E-state index < -0.39 is 4.92 Å². The van der Waals surface area contributed by atoms with Gasteiger partial charge in [0.2, 0.25) is 5.95 Å². The van der Waals surface area contributed by atoms with Crippen LogP contribution in [0.1, 0.15) is 32.6 Å². The van der Waals surface area contributed by atoms with Crippen molar-refractivity contribution in [3.8, 4) is 0 Å². The Labute approximate surface area is 156 Å². The van der Waals surface area contributed by atoms with Crippen molar-refractivity contribution in [2.45, 2.75) is 39.2 Å². The fourth-order valence-corrected chi connectivity index (χ4v) is 2.96. The van der Waals surface area contributed by atoms with Crippen molar-refractivity contribution in [1.29, 1.82) is 0 Å². The van der Waals surface area contributed by atoms with Crippen LogP contribution in [0.4, 0.5) is 17.3 Å². The van der Waals surface area contributed by atoms with Gasteiger partial charge in [-0.2, -0.15) is 0 Å². The Bertz CT molecular complexity index is 996. The molecule has 1 aromatic heterocycles. The van der Waals surface area contributed by atoms with Crippen LogP contribution in [0.2, 0.25) is 0 Å². The van der Waals surface area contributed by atoms with Crippen LogP contribution in [-0.4, -0.2) is 14.5 Å². The van der Waals surface area contributed by atoms with E-state index in [1.165, 1.54) is 12.1 Å². The molecule has 2 aromatic carbocycles. The van der Waals surface area contributed by atoms with E-state index in [0.717, 1.165) is 25.7 Å². The molecule has 0 bridgehead atoms. The van der Waals surface area contributed by atoms with E-state index in [1.54, 1.807) is 28.8 Å². The molecule has 3 aromatic rings. The van der Waals surface area contributed by atoms with E-state index in [-0.39, 0.29) is 11.2 Å². The van der Waals surface area contributed by atoms with Gasteiger partial charge in [-0.1, -0.05) is 38.3 Å². The third-order valence-electron chi connectivity index (χ3n) is 4.43. The highest BCUT2D eigenvalue weighted by Crippen LogP contribution is 2.20. The predicted octanol–water partition coefficient (Wildman–Crippen LogP) is 4.63. The van der Waals surface area contributed by atoms with Crippen LogP contribution in [0.15, 0.2) is 53.3 Å². The van der Waals surface area contributed by atoms with Crippen LogP contribution >= 0.6 is 0 Å². The second-order valence-electron chi connectivity index (χ2n) is 6.40. The number of para-hydroxylation sites is 1. The maximum Gasteiger partial charge on any atom is 0.269 e. The summed E-state index contributed by atoms with van der Waals surface area (Å²) in [6.45, 7) is 2.72. The standard InChI is InChI=1S/C20H22N4O3/c1-2-3-4-7-14-23-19(25)17-8-5-6-9-18(17)22-20(23)21-15-10-12-16(13-11-15)24(26)27/h5-6,8-13H,2-4,7,14H2,1H3,(H,21,22). The Kier molecular flexibility index (Phi) is 5.80. The number of nitrogens with one attached hydrogen (secondary N) is 1. The number of nitro groups is 1. The molecular formula is C20H22N4O3. The summed E-state index contributed by atoms with van der Waals surface area (Å²) in [5.41, 5.74) is 1.20. The van der Waals surface area contributed by atoms with Crippen LogP contribution in [0.25, 0.3) is 10.9 Å². The summed E-state index contributed by atoms with van der Waals surface area (Å²) in [7, 11) is 0. The van der Waals surface area contributed by atoms with Crippen molar-refractivity contribution in [2.24, 2.45) is 0 Å². The topological polar surface area (TPSA) is 90.1 Å². The van der Waals surface area contributed by atoms with Crippen LogP contribution in [-0.2, 0) is 6.54 Å². The van der Waals surface area contributed by atoms with E-state index >= 15 is 0 Å². The molecule has 0 amide bonds. The third kappa shape index (κ3) is 4.31. The van der Waals surface area contributed by atoms with Crippen LogP contribution in [0.5, 0.6) is 0 Å². The number of rotatable bonds is 8. The molecule has 0 aliphatic rings. The van der Waals surface area contributed by atoms with Gasteiger partial charge in [-0.05, 0) is 30.7 Å². The highest BCUT2D eigenvalue weighted by atomic mass is 16.6. The highest BCUT2D eigenvalue weighted by Gasteiger charge is 2.12. The molecule has 140 valence electrons. The molecular weight excluding hydrogens is 344 g/mol. The number of benzene rings is 2. The van der Waals surface area contributed by atoms with E-state index in [4.69, 9.17) is 0 Å². The van der Waals surface area contributed by atoms with Gasteiger partial charge in [-0.3, -0.25) is 19.5 Å². The number of nitro benzene ring substituents is 1. The number of non-ortho nitro benzene ring substituents is 1. The lowest BCUT2D eigenvalue weighted by Crippen LogP contribution is -2.24. The van der Waals surface area contributed by atoms with Crippen LogP contribution in [0, 0.1) is 10.1 Å². The third-order valence-corrected chi connectivity index (χ3v) is 4.43. The van der Waals surface area contributed by atoms with E-state index in [9.17, 15) is 14.9 Å². The predicted molar refractivity (Wildman–Crippen MR) is 107 cm³/mol. The van der Waals surface area contributed by atoms with Gasteiger partial charge in [0.05, 0.1) is 15.8 Å². The molecule has 0 radical (unpaired) electrons. The van der Waals surface area contributed by atoms with Crippen LogP contribution < -0.4 is 10.9 Å². The molecule has 7 nitrogen and oxygen atoms in total. The van der Waals surface area contributed by atoms with Gasteiger partial charge >= 0.3 is 0 Å². The maximum absolute atomic E-state index is 12.9. The maximum atomic E-state index is 12.9. The largest absolute Gasteiger partial charge is 0.326 e. The first-order chi connectivity index (χ1) is 13.1. The molecule has 0 saturated carbocycles. The molecule has 0 fully saturated rings. The number of anilines is 2. The molecule has 0 saturated heterocycles. The SMILES string of the molecule is CCCCCCn1c(Nc2ccc([N+](=O)[O-])cc2)nc2ccccc2c1=O. The fraction of sp³-hybridized carbons (Fsp3) is 0.300. The number of hydrogen-bond acceptors (Lipinski definition) is 5. The summed E-state index contributed by atoms with van der Waals surface area (Å²) >= 11 is 0. The molecule has 0 unspecified atom stereocenters. The lowest BCUT2D eigenvalue weighted by atomic mass is 10.2. The van der Waals surface area contributed by atoms with Gasteiger partial charge < -0.3 is 5.32 Å². The summed E-state index contributed by atoms with van der Waals surface area (Å²) in [4.78, 5) is 27.9. The Morgan fingerprint density at radius 3 is 2.52 bits per heavy atom. The van der Waals surface area contributed by atoms with Gasteiger partial charge in [0.25, 0.3) is 11.2 Å². The second kappa shape index (κ2) is 8.44. The van der Waals surface area contributed by atoms with Crippen molar-refractivity contribution in [1.82, 2.24) is 9.55 Å². The molecule has 7 heteroatoms. The van der Waals surface area contributed by atoms with Gasteiger partial charge in [-0.25, -0.2) is 4.98 Å². The number of fused-ring (bicyclic) bond motifs is 1. The van der Waals surface area contributed by atoms with Crippen molar-refractivity contribution in [3.63, 3.8) is 0 Å². The summed E-state index contributed by atoms with van der Waals surface area (Å²) in [6, 6.07) is 13.3. The number of aromatic nitrogens is 2. The monoisotopic (exact) mass is 366 g/mol. The van der Waals surface area contributed by atoms with E-state index in [1.807, 2.05) is 12.1 Å². The smallest absolute Gasteiger partial charge is 0.269 e. The summed E-state index contributed by atoms with van der Waals surface area (Å²) in [5, 5.41) is 14.5. The Hall–Kier alpha value is -3.22. The molecule has 0 atom stereocenters. The molecule has 0 spiro atoms. The van der Waals surface area contributed by atoms with Gasteiger partial charge in [0.1, 0.15) is 0 Å². The molecule has 1 N–H and O–H groups in total. The summed E-state index contributed by atoms with van der Waals surface area (Å²) in [5.74, 6) is 0.448. The van der Waals surface area contributed by atoms with Crippen molar-refractivity contribution >= 4 is 28.2 Å². The minimum Gasteiger partial charge on any atom is -0.326 e. The quantitative estimate of drug-likeness (QED) is 0.357. The normalized spacial score (nSPS) is 10.9. The average Bonchev–Trinajstić information content (AvgIpc) is 2.67.